The highest BCUT2D eigenvalue weighted by molar-refractivity contribution is 6.01. The number of nitro groups is 2. The molecule has 0 bridgehead atoms. The zero-order chi connectivity index (χ0) is 50.0. The lowest BCUT2D eigenvalue weighted by atomic mass is 10.1. The van der Waals surface area contributed by atoms with E-state index in [4.69, 9.17) is 42.7 Å². The second-order valence-corrected chi connectivity index (χ2v) is 13.7. The van der Waals surface area contributed by atoms with E-state index in [9.17, 15) is 34.6 Å². The number of non-ortho nitro benzene ring substituents is 1. The van der Waals surface area contributed by atoms with E-state index in [1.54, 1.807) is 33.1 Å². The predicted molar refractivity (Wildman–Crippen MR) is 247 cm³/mol. The first-order valence-electron chi connectivity index (χ1n) is 20.4. The molecule has 0 saturated carbocycles. The SMILES string of the molecule is CCC.CCC.CCOC(=O)c1cc2ccc([N+](=O)[O-])cc2n(N)/c1=N\N.CCOC(=O)c1cc2cccc(OC)c2n2nnnc12.N/N=c1/c(C(=O)O)cc2ccc(C[N+](=O)[O-])cc2n1N. The van der Waals surface area contributed by atoms with E-state index in [1.165, 1.54) is 59.8 Å². The summed E-state index contributed by atoms with van der Waals surface area (Å²) in [5, 5.41) is 50.5. The molecule has 0 amide bonds. The number of carboxylic acids is 1. The number of nitrogens with two attached hydrogens (primary N) is 4. The summed E-state index contributed by atoms with van der Waals surface area (Å²) >= 11 is 0. The summed E-state index contributed by atoms with van der Waals surface area (Å²) in [4.78, 5) is 55.3. The molecule has 25 heteroatoms. The first-order valence-corrected chi connectivity index (χ1v) is 20.4. The molecule has 25 nitrogen and oxygen atoms in total. The highest BCUT2D eigenvalue weighted by atomic mass is 16.6. The van der Waals surface area contributed by atoms with Crippen molar-refractivity contribution in [2.24, 2.45) is 21.9 Å². The van der Waals surface area contributed by atoms with Crippen LogP contribution in [0.2, 0.25) is 0 Å². The number of carbonyl (C=O) groups excluding carboxylic acids is 2. The van der Waals surface area contributed by atoms with Crippen molar-refractivity contribution in [2.45, 2.75) is 60.9 Å². The van der Waals surface area contributed by atoms with E-state index in [0.29, 0.717) is 56.5 Å². The molecule has 0 aliphatic rings. The van der Waals surface area contributed by atoms with Crippen molar-refractivity contribution < 1.29 is 43.5 Å². The molecule has 0 atom stereocenters. The van der Waals surface area contributed by atoms with E-state index in [1.807, 2.05) is 18.2 Å². The van der Waals surface area contributed by atoms with Gasteiger partial charge in [0.25, 0.3) is 5.69 Å². The fraction of sp³-hybridized carbons (Fsp3) is 0.286. The molecule has 7 aromatic rings. The van der Waals surface area contributed by atoms with Gasteiger partial charge < -0.3 is 42.7 Å². The van der Waals surface area contributed by atoms with Crippen LogP contribution in [-0.2, 0) is 16.0 Å². The number of pyridine rings is 3. The highest BCUT2D eigenvalue weighted by Crippen LogP contribution is 2.28. The molecule has 0 spiro atoms. The van der Waals surface area contributed by atoms with E-state index in [-0.39, 0.29) is 40.9 Å². The van der Waals surface area contributed by atoms with Crippen LogP contribution in [0.25, 0.3) is 38.4 Å². The lowest BCUT2D eigenvalue weighted by Crippen LogP contribution is -2.34. The van der Waals surface area contributed by atoms with Crippen LogP contribution < -0.4 is 39.1 Å². The summed E-state index contributed by atoms with van der Waals surface area (Å²) in [6, 6.07) is 18.7. The average molecular weight is 929 g/mol. The number of ether oxygens (including phenoxy) is 3. The van der Waals surface area contributed by atoms with Gasteiger partial charge in [0.15, 0.2) is 16.6 Å². The van der Waals surface area contributed by atoms with Crippen LogP contribution in [0.5, 0.6) is 5.75 Å². The van der Waals surface area contributed by atoms with Crippen LogP contribution in [0.1, 0.15) is 91.0 Å². The standard InChI is InChI=1S/C13H12N4O3.C12H13N5O4.C11H11N5O4.2C3H8/c1-3-20-13(18)9-7-8-5-4-6-10(19-2)11(8)17-12(9)14-15-16-17;1-2-21-12(18)9-5-7-3-4-8(17(19)20)6-10(7)16(14)11(9)15-13;12-14-10-8(11(17)18)4-7-2-1-6(5-15(19)20)3-9(7)16(10)13;2*1-3-2/h4-7H,3H2,1-2H3;3-6H,2,13-14H2,1H3;1-4H,5,12-13H2,(H,17,18);2*3H2,1-2H3/b;15-11-;14-10-;;. The minimum Gasteiger partial charge on any atom is -0.494 e. The maximum absolute atomic E-state index is 12.0. The van der Waals surface area contributed by atoms with Crippen molar-refractivity contribution in [3.8, 4) is 5.75 Å². The summed E-state index contributed by atoms with van der Waals surface area (Å²) in [7, 11) is 1.57. The second kappa shape index (κ2) is 24.8. The van der Waals surface area contributed by atoms with Gasteiger partial charge in [0.05, 0.1) is 36.3 Å². The Balaban J connectivity index is 0.000000251. The van der Waals surface area contributed by atoms with Gasteiger partial charge in [0, 0.05) is 38.8 Å². The Labute approximate surface area is 381 Å². The number of tetrazole rings is 1. The largest absolute Gasteiger partial charge is 0.494 e. The number of benzene rings is 3. The Morgan fingerprint density at radius 3 is 1.78 bits per heavy atom. The number of nitrogens with zero attached hydrogens (tertiary/aromatic N) is 10. The number of aromatic nitrogens is 6. The number of para-hydroxylation sites is 1. The van der Waals surface area contributed by atoms with Crippen LogP contribution in [0.4, 0.5) is 5.69 Å². The summed E-state index contributed by atoms with van der Waals surface area (Å²) < 4.78 is 18.8. The monoisotopic (exact) mass is 928 g/mol. The summed E-state index contributed by atoms with van der Waals surface area (Å²) in [6.45, 7) is 12.0. The molecule has 67 heavy (non-hydrogen) atoms. The number of esters is 2. The van der Waals surface area contributed by atoms with E-state index < -0.39 is 27.8 Å². The summed E-state index contributed by atoms with van der Waals surface area (Å²) in [6.07, 6.45) is 2.50. The number of hydrogen-bond acceptors (Lipinski definition) is 19. The molecule has 0 aliphatic carbocycles. The molecular weight excluding hydrogens is 877 g/mol. The molecule has 3 aromatic carbocycles. The lowest BCUT2D eigenvalue weighted by Gasteiger charge is -2.10. The molecule has 0 radical (unpaired) electrons. The van der Waals surface area contributed by atoms with Gasteiger partial charge in [-0.1, -0.05) is 64.8 Å². The molecule has 0 unspecified atom stereocenters. The van der Waals surface area contributed by atoms with E-state index in [2.05, 4.69) is 53.4 Å². The fourth-order valence-electron chi connectivity index (χ4n) is 5.98. The van der Waals surface area contributed by atoms with Crippen LogP contribution >= 0.6 is 0 Å². The van der Waals surface area contributed by atoms with Crippen LogP contribution in [0.15, 0.2) is 83.0 Å². The van der Waals surface area contributed by atoms with Crippen LogP contribution in [-0.4, -0.2) is 82.6 Å². The third kappa shape index (κ3) is 12.6. The molecule has 0 fully saturated rings. The minimum absolute atomic E-state index is 0.0264. The number of fused-ring (bicyclic) bond motifs is 5. The van der Waals surface area contributed by atoms with Crippen molar-refractivity contribution in [1.82, 2.24) is 29.4 Å². The molecule has 0 aliphatic heterocycles. The Morgan fingerprint density at radius 2 is 1.25 bits per heavy atom. The average Bonchev–Trinajstić information content (AvgIpc) is 3.80. The van der Waals surface area contributed by atoms with E-state index >= 15 is 0 Å². The first-order chi connectivity index (χ1) is 32.0. The highest BCUT2D eigenvalue weighted by Gasteiger charge is 2.20. The Morgan fingerprint density at radius 1 is 0.731 bits per heavy atom. The van der Waals surface area contributed by atoms with Crippen molar-refractivity contribution in [3.63, 3.8) is 0 Å². The van der Waals surface area contributed by atoms with Gasteiger partial charge in [-0.2, -0.15) is 14.7 Å². The topological polar surface area (TPSA) is 367 Å². The normalized spacial score (nSPS) is 10.9. The summed E-state index contributed by atoms with van der Waals surface area (Å²) in [5.41, 5.74) is 2.21. The number of carbonyl (C=O) groups is 3. The quantitative estimate of drug-likeness (QED) is 0.0588. The number of nitrogen functional groups attached to an aromatic ring is 2. The zero-order valence-corrected chi connectivity index (χ0v) is 37.8. The Kier molecular flexibility index (Phi) is 19.4. The van der Waals surface area contributed by atoms with E-state index in [0.717, 1.165) is 14.7 Å². The van der Waals surface area contributed by atoms with Gasteiger partial charge in [-0.15, -0.1) is 5.10 Å². The predicted octanol–water partition coefficient (Wildman–Crippen LogP) is 4.11. The van der Waals surface area contributed by atoms with Crippen molar-refractivity contribution >= 4 is 62.0 Å². The molecule has 4 heterocycles. The van der Waals surface area contributed by atoms with Crippen molar-refractivity contribution in [1.29, 1.82) is 0 Å². The summed E-state index contributed by atoms with van der Waals surface area (Å²) in [5.74, 6) is 20.4. The lowest BCUT2D eigenvalue weighted by molar-refractivity contribution is -0.496. The maximum atomic E-state index is 12.0. The van der Waals surface area contributed by atoms with Crippen molar-refractivity contribution in [2.75, 3.05) is 32.0 Å². The van der Waals surface area contributed by atoms with Crippen LogP contribution in [0, 0.1) is 20.2 Å². The number of hydrogen-bond donors (Lipinski definition) is 5. The molecule has 4 aromatic heterocycles. The second-order valence-electron chi connectivity index (χ2n) is 13.7. The Hall–Kier alpha value is -8.90. The van der Waals surface area contributed by atoms with Gasteiger partial charge in [-0.3, -0.25) is 20.2 Å². The minimum atomic E-state index is -1.22. The molecular formula is C42H52N14O11. The molecule has 0 saturated heterocycles. The zero-order valence-electron chi connectivity index (χ0n) is 37.8. The third-order valence-corrected chi connectivity index (χ3v) is 8.63. The van der Waals surface area contributed by atoms with Gasteiger partial charge in [0.2, 0.25) is 6.54 Å². The number of rotatable bonds is 9. The number of aromatic carboxylic acids is 1. The number of nitro benzene ring substituents is 1. The van der Waals surface area contributed by atoms with Gasteiger partial charge in [-0.25, -0.2) is 23.7 Å². The number of carboxylic acid groups (broad SMARTS) is 1. The fourth-order valence-corrected chi connectivity index (χ4v) is 5.98. The smallest absolute Gasteiger partial charge is 0.342 e. The molecule has 7 rings (SSSR count). The molecule has 9 N–H and O–H groups in total. The van der Waals surface area contributed by atoms with Gasteiger partial charge in [0.1, 0.15) is 28.0 Å². The first kappa shape index (κ1) is 52.4. The van der Waals surface area contributed by atoms with Gasteiger partial charge in [-0.05, 0) is 60.7 Å². The number of methoxy groups -OCH3 is 1. The van der Waals surface area contributed by atoms with Gasteiger partial charge >= 0.3 is 17.9 Å². The van der Waals surface area contributed by atoms with Crippen molar-refractivity contribution in [3.05, 3.63) is 126 Å². The molecule has 356 valence electrons. The van der Waals surface area contributed by atoms with Crippen LogP contribution in [0.3, 0.4) is 0 Å². The maximum Gasteiger partial charge on any atom is 0.342 e. The Bertz CT molecular complexity index is 3050. The third-order valence-electron chi connectivity index (χ3n) is 8.63.